The van der Waals surface area contributed by atoms with Crippen LogP contribution in [0.5, 0.6) is 0 Å². The summed E-state index contributed by atoms with van der Waals surface area (Å²) in [4.78, 5) is 7.01. The first-order valence-corrected chi connectivity index (χ1v) is 27.1. The molecule has 0 aliphatic rings. The van der Waals surface area contributed by atoms with Crippen LogP contribution in [0.3, 0.4) is 0 Å². The number of rotatable bonds is 29. The smallest absolute Gasteiger partial charge is 0.131 e. The lowest BCUT2D eigenvalue weighted by Gasteiger charge is -2.21. The molecule has 9 heteroatoms. The van der Waals surface area contributed by atoms with E-state index in [4.69, 9.17) is 0 Å². The van der Waals surface area contributed by atoms with Crippen LogP contribution in [0.2, 0.25) is 0 Å². The van der Waals surface area contributed by atoms with Gasteiger partial charge in [0.15, 0.2) is 0 Å². The van der Waals surface area contributed by atoms with Gasteiger partial charge in [0.05, 0.1) is 20.4 Å². The first-order valence-electron chi connectivity index (χ1n) is 23.8. The van der Waals surface area contributed by atoms with Crippen molar-refractivity contribution in [2.75, 3.05) is 0 Å². The van der Waals surface area contributed by atoms with Crippen molar-refractivity contribution in [3.63, 3.8) is 0 Å². The van der Waals surface area contributed by atoms with Crippen LogP contribution in [-0.4, -0.2) is 4.57 Å². The Kier molecular flexibility index (Phi) is 21.1. The van der Waals surface area contributed by atoms with E-state index < -0.39 is 0 Å². The lowest BCUT2D eigenvalue weighted by molar-refractivity contribution is 0.410. The van der Waals surface area contributed by atoms with Gasteiger partial charge in [-0.3, -0.25) is 0 Å². The molecule has 0 fully saturated rings. The fraction of sp³-hybridized carbons (Fsp3) is 0.547. The normalized spacial score (nSPS) is 11.2. The number of hydrogen-bond acceptors (Lipinski definition) is 8. The molecule has 5 nitrogen and oxygen atoms in total. The van der Waals surface area contributed by atoms with Crippen LogP contribution in [0.25, 0.3) is 52.1 Å². The summed E-state index contributed by atoms with van der Waals surface area (Å²) in [6.07, 6.45) is 32.7. The topological polar surface area (TPSA) is 100 Å². The van der Waals surface area contributed by atoms with Crippen LogP contribution >= 0.6 is 45.3 Å². The van der Waals surface area contributed by atoms with Crippen molar-refractivity contribution in [3.05, 3.63) is 56.3 Å². The second-order valence-corrected chi connectivity index (χ2v) is 21.2. The van der Waals surface area contributed by atoms with Crippen molar-refractivity contribution in [1.29, 1.82) is 21.0 Å². The highest BCUT2D eigenvalue weighted by molar-refractivity contribution is 7.32. The molecular formula is C53H67N5S4. The molecule has 0 saturated heterocycles. The Hall–Kier alpha value is -3.96. The van der Waals surface area contributed by atoms with Gasteiger partial charge in [-0.1, -0.05) is 143 Å². The molecule has 0 aliphatic carbocycles. The van der Waals surface area contributed by atoms with Crippen molar-refractivity contribution < 1.29 is 0 Å². The standard InChI is InChI=1S/C53H67N5S4/c1-5-9-13-17-19-23-27-43(28-24-20-18-14-10-6-2)58-44-33-50(48-31-41(25-21-15-11-7-3)46(59-48)29-39(35-54)36-55)61-52(44)53-45(58)34-51(62-53)49-32-42(26-22-16-12-8-4)47(60-49)30-40(37-56)38-57/h29-34,43H,5-28H2,1-4H3. The van der Waals surface area contributed by atoms with Gasteiger partial charge in [-0.05, 0) is 86.1 Å². The molecule has 0 N–H and O–H groups in total. The van der Waals surface area contributed by atoms with Crippen LogP contribution in [-0.2, 0) is 12.8 Å². The predicted octanol–water partition coefficient (Wildman–Crippen LogP) is 18.5. The SMILES string of the molecule is CCCCCCCCC(CCCCCCCC)n1c2cc(-c3cc(CCCCCC)c(C=C(C#N)C#N)s3)sc2c2sc(-c3cc(CCCCCC)c(C=C(C#N)C#N)s3)cc21. The Morgan fingerprint density at radius 1 is 0.468 bits per heavy atom. The number of fused-ring (bicyclic) bond motifs is 3. The van der Waals surface area contributed by atoms with Gasteiger partial charge in [-0.25, -0.2) is 0 Å². The highest BCUT2D eigenvalue weighted by Gasteiger charge is 2.25. The molecule has 0 radical (unpaired) electrons. The third-order valence-corrected chi connectivity index (χ3v) is 17.2. The Labute approximate surface area is 389 Å². The number of aryl methyl sites for hydroxylation is 2. The first kappa shape index (κ1) is 49.1. The van der Waals surface area contributed by atoms with E-state index in [9.17, 15) is 21.0 Å². The molecule has 5 aromatic rings. The van der Waals surface area contributed by atoms with Crippen LogP contribution < -0.4 is 0 Å². The van der Waals surface area contributed by atoms with Crippen molar-refractivity contribution >= 4 is 77.9 Å². The lowest BCUT2D eigenvalue weighted by Crippen LogP contribution is -2.09. The molecule has 0 saturated carbocycles. The van der Waals surface area contributed by atoms with Crippen LogP contribution in [0.1, 0.15) is 196 Å². The molecule has 5 rings (SSSR count). The Bertz CT molecular complexity index is 2200. The molecule has 0 spiro atoms. The number of allylic oxidation sites excluding steroid dienone is 2. The number of nitriles is 4. The average Bonchev–Trinajstić information content (AvgIpc) is 4.12. The van der Waals surface area contributed by atoms with Gasteiger partial charge in [0.1, 0.15) is 35.4 Å². The molecule has 5 heterocycles. The Balaban J connectivity index is 1.64. The molecular weight excluding hydrogens is 835 g/mol. The first-order chi connectivity index (χ1) is 30.4. The van der Waals surface area contributed by atoms with E-state index in [-0.39, 0.29) is 11.1 Å². The van der Waals surface area contributed by atoms with Crippen LogP contribution in [0, 0.1) is 45.3 Å². The molecule has 0 atom stereocenters. The summed E-state index contributed by atoms with van der Waals surface area (Å²) in [5, 5.41) is 38.7. The zero-order valence-electron chi connectivity index (χ0n) is 37.9. The Morgan fingerprint density at radius 2 is 0.806 bits per heavy atom. The quantitative estimate of drug-likeness (QED) is 0.0352. The Morgan fingerprint density at radius 3 is 1.18 bits per heavy atom. The molecule has 0 aliphatic heterocycles. The molecule has 62 heavy (non-hydrogen) atoms. The molecule has 0 unspecified atom stereocenters. The largest absolute Gasteiger partial charge is 0.336 e. The van der Waals surface area contributed by atoms with Gasteiger partial charge in [0, 0.05) is 35.3 Å². The van der Waals surface area contributed by atoms with E-state index in [1.165, 1.54) is 179 Å². The summed E-state index contributed by atoms with van der Waals surface area (Å²) in [6.45, 7) is 9.05. The molecule has 5 aromatic heterocycles. The van der Waals surface area contributed by atoms with Crippen molar-refractivity contribution in [1.82, 2.24) is 4.57 Å². The van der Waals surface area contributed by atoms with Gasteiger partial charge >= 0.3 is 0 Å². The van der Waals surface area contributed by atoms with Crippen LogP contribution in [0.4, 0.5) is 0 Å². The molecule has 0 amide bonds. The maximum Gasteiger partial charge on any atom is 0.131 e. The van der Waals surface area contributed by atoms with Gasteiger partial charge in [0.2, 0.25) is 0 Å². The summed E-state index contributed by atoms with van der Waals surface area (Å²) < 4.78 is 5.43. The number of hydrogen-bond donors (Lipinski definition) is 0. The van der Waals surface area contributed by atoms with E-state index in [1.807, 2.05) is 22.7 Å². The summed E-state index contributed by atoms with van der Waals surface area (Å²) >= 11 is 7.23. The number of thiophene rings is 4. The zero-order chi connectivity index (χ0) is 44.1. The minimum absolute atomic E-state index is 0.156. The van der Waals surface area contributed by atoms with E-state index in [0.717, 1.165) is 35.4 Å². The van der Waals surface area contributed by atoms with E-state index >= 15 is 0 Å². The average molecular weight is 902 g/mol. The monoisotopic (exact) mass is 901 g/mol. The van der Waals surface area contributed by atoms with Gasteiger partial charge in [-0.15, -0.1) is 45.3 Å². The van der Waals surface area contributed by atoms with Gasteiger partial charge in [-0.2, -0.15) is 21.0 Å². The summed E-state index contributed by atoms with van der Waals surface area (Å²) in [6, 6.07) is 18.4. The zero-order valence-corrected chi connectivity index (χ0v) is 41.1. The second kappa shape index (κ2) is 26.6. The van der Waals surface area contributed by atoms with E-state index in [1.54, 1.807) is 34.8 Å². The third-order valence-electron chi connectivity index (χ3n) is 12.1. The minimum atomic E-state index is 0.156. The van der Waals surface area contributed by atoms with E-state index in [0.29, 0.717) is 6.04 Å². The summed E-state index contributed by atoms with van der Waals surface area (Å²) in [5.74, 6) is 0. The number of unbranched alkanes of at least 4 members (excludes halogenated alkanes) is 16. The lowest BCUT2D eigenvalue weighted by atomic mass is 9.99. The van der Waals surface area contributed by atoms with Gasteiger partial charge in [0.25, 0.3) is 0 Å². The fourth-order valence-corrected chi connectivity index (χ4v) is 13.5. The van der Waals surface area contributed by atoms with Crippen LogP contribution in [0.15, 0.2) is 35.4 Å². The minimum Gasteiger partial charge on any atom is -0.336 e. The maximum absolute atomic E-state index is 9.69. The fourth-order valence-electron chi connectivity index (χ4n) is 8.62. The third kappa shape index (κ3) is 13.5. The number of aromatic nitrogens is 1. The molecule has 328 valence electrons. The summed E-state index contributed by atoms with van der Waals surface area (Å²) in [7, 11) is 0. The highest BCUT2D eigenvalue weighted by Crippen LogP contribution is 2.50. The van der Waals surface area contributed by atoms with E-state index in [2.05, 4.69) is 80.8 Å². The second-order valence-electron chi connectivity index (χ2n) is 17.0. The maximum atomic E-state index is 9.69. The summed E-state index contributed by atoms with van der Waals surface area (Å²) in [5.41, 5.74) is 5.46. The predicted molar refractivity (Wildman–Crippen MR) is 271 cm³/mol. The van der Waals surface area contributed by atoms with Crippen molar-refractivity contribution in [3.8, 4) is 43.8 Å². The van der Waals surface area contributed by atoms with Gasteiger partial charge < -0.3 is 4.57 Å². The molecule has 0 aromatic carbocycles. The molecule has 0 bridgehead atoms. The van der Waals surface area contributed by atoms with Crippen molar-refractivity contribution in [2.24, 2.45) is 0 Å². The highest BCUT2D eigenvalue weighted by atomic mass is 32.1. The number of nitrogens with zero attached hydrogens (tertiary/aromatic N) is 5. The van der Waals surface area contributed by atoms with Crippen molar-refractivity contribution in [2.45, 2.75) is 188 Å².